The van der Waals surface area contributed by atoms with Crippen LogP contribution in [0.15, 0.2) is 17.1 Å². The van der Waals surface area contributed by atoms with Crippen LogP contribution < -0.4 is 11.4 Å². The van der Waals surface area contributed by atoms with Gasteiger partial charge in [0.15, 0.2) is 6.23 Å². The van der Waals surface area contributed by atoms with Gasteiger partial charge in [0, 0.05) is 12.7 Å². The van der Waals surface area contributed by atoms with Gasteiger partial charge in [0.2, 0.25) is 0 Å². The maximum Gasteiger partial charge on any atom is 0.409 e. The van der Waals surface area contributed by atoms with Gasteiger partial charge in [-0.25, -0.2) is 9.36 Å². The van der Waals surface area contributed by atoms with Crippen molar-refractivity contribution in [3.05, 3.63) is 22.7 Å². The fourth-order valence-corrected chi connectivity index (χ4v) is 6.16. The van der Waals surface area contributed by atoms with Crippen LogP contribution in [0.25, 0.3) is 0 Å². The highest BCUT2D eigenvalue weighted by Crippen LogP contribution is 2.61. The molecule has 3 rings (SSSR count). The summed E-state index contributed by atoms with van der Waals surface area (Å²) in [5.41, 5.74) is 3.00. The molecule has 0 amide bonds. The van der Waals surface area contributed by atoms with Gasteiger partial charge in [-0.15, -0.1) is 0 Å². The van der Waals surface area contributed by atoms with E-state index in [0.29, 0.717) is 0 Å². The summed E-state index contributed by atoms with van der Waals surface area (Å²) in [6.07, 6.45) is -1.60. The Morgan fingerprint density at radius 3 is 2.74 bits per heavy atom. The van der Waals surface area contributed by atoms with E-state index in [1.54, 1.807) is 6.92 Å². The standard InChI is InChI=1S/C18H29N4O8P/c1-5-22(11(15(23)24)8-10(2)3)31(27)28-9-12-14(30-31)18(4,26)16(29-12)21-7-6-13(19)20-17(21)25/h6-7,10-12,14,16,26H,5,8-9H2,1-4H3,(H,23,24)(H2,19,20,25)/t11-,12+,14+,16+,18+,31?/m0/s1. The number of carboxylic acid groups (broad SMARTS) is 1. The van der Waals surface area contributed by atoms with E-state index in [1.165, 1.54) is 23.9 Å². The molecule has 1 aromatic heterocycles. The predicted octanol–water partition coefficient (Wildman–Crippen LogP) is 0.819. The maximum absolute atomic E-state index is 13.6. The van der Waals surface area contributed by atoms with Crippen LogP contribution in [0, 0.1) is 5.92 Å². The lowest BCUT2D eigenvalue weighted by Crippen LogP contribution is -2.51. The fourth-order valence-electron chi connectivity index (χ4n) is 3.98. The molecule has 2 aliphatic heterocycles. The largest absolute Gasteiger partial charge is 0.480 e. The van der Waals surface area contributed by atoms with E-state index in [-0.39, 0.29) is 31.3 Å². The third-order valence-electron chi connectivity index (χ3n) is 5.45. The minimum Gasteiger partial charge on any atom is -0.480 e. The van der Waals surface area contributed by atoms with Crippen molar-refractivity contribution in [3.8, 4) is 0 Å². The molecule has 0 spiro atoms. The Kier molecular flexibility index (Phi) is 6.62. The molecular formula is C18H29N4O8P. The van der Waals surface area contributed by atoms with E-state index in [9.17, 15) is 24.4 Å². The summed E-state index contributed by atoms with van der Waals surface area (Å²) in [5, 5.41) is 20.9. The second kappa shape index (κ2) is 8.61. The number of ether oxygens (including phenoxy) is 1. The third-order valence-corrected chi connectivity index (χ3v) is 7.61. The highest BCUT2D eigenvalue weighted by atomic mass is 31.2. The molecule has 0 bridgehead atoms. The summed E-state index contributed by atoms with van der Waals surface area (Å²) < 4.78 is 32.9. The Balaban J connectivity index is 1.91. The first-order valence-corrected chi connectivity index (χ1v) is 11.6. The number of fused-ring (bicyclic) bond motifs is 1. The van der Waals surface area contributed by atoms with Gasteiger partial charge >= 0.3 is 19.4 Å². The molecular weight excluding hydrogens is 431 g/mol. The molecule has 174 valence electrons. The van der Waals surface area contributed by atoms with Crippen molar-refractivity contribution in [1.82, 2.24) is 14.2 Å². The van der Waals surface area contributed by atoms with Gasteiger partial charge < -0.3 is 20.7 Å². The molecule has 2 fully saturated rings. The van der Waals surface area contributed by atoms with E-state index in [0.717, 1.165) is 4.57 Å². The number of nitrogens with two attached hydrogens (primary N) is 1. The van der Waals surface area contributed by atoms with Crippen LogP contribution in [0.3, 0.4) is 0 Å². The van der Waals surface area contributed by atoms with Crippen molar-refractivity contribution in [2.75, 3.05) is 18.9 Å². The number of aliphatic carboxylic acids is 1. The van der Waals surface area contributed by atoms with Crippen LogP contribution in [0.2, 0.25) is 0 Å². The van der Waals surface area contributed by atoms with Crippen molar-refractivity contribution >= 4 is 19.5 Å². The third kappa shape index (κ3) is 4.41. The van der Waals surface area contributed by atoms with Crippen molar-refractivity contribution in [3.63, 3.8) is 0 Å². The summed E-state index contributed by atoms with van der Waals surface area (Å²) in [5.74, 6) is -1.11. The second-order valence-corrected chi connectivity index (χ2v) is 10.2. The first-order chi connectivity index (χ1) is 14.4. The van der Waals surface area contributed by atoms with Crippen LogP contribution in [-0.2, 0) is 23.1 Å². The number of carboxylic acids is 1. The average molecular weight is 460 g/mol. The Hall–Kier alpha value is -1.82. The molecule has 1 aromatic rings. The predicted molar refractivity (Wildman–Crippen MR) is 109 cm³/mol. The lowest BCUT2D eigenvalue weighted by Gasteiger charge is -2.41. The lowest BCUT2D eigenvalue weighted by molar-refractivity contribution is -0.143. The van der Waals surface area contributed by atoms with Crippen LogP contribution in [-0.4, -0.2) is 67.4 Å². The monoisotopic (exact) mass is 460 g/mol. The number of anilines is 1. The molecule has 2 aliphatic rings. The van der Waals surface area contributed by atoms with Crippen LogP contribution in [0.1, 0.15) is 40.3 Å². The Morgan fingerprint density at radius 2 is 2.19 bits per heavy atom. The van der Waals surface area contributed by atoms with E-state index < -0.39 is 49.5 Å². The lowest BCUT2D eigenvalue weighted by atomic mass is 9.96. The number of aromatic nitrogens is 2. The summed E-state index contributed by atoms with van der Waals surface area (Å²) >= 11 is 0. The summed E-state index contributed by atoms with van der Waals surface area (Å²) in [6, 6.07) is 0.284. The maximum atomic E-state index is 13.6. The number of hydrogen-bond donors (Lipinski definition) is 3. The van der Waals surface area contributed by atoms with E-state index >= 15 is 0 Å². The molecule has 4 N–H and O–H groups in total. The average Bonchev–Trinajstić information content (AvgIpc) is 2.91. The number of nitrogens with zero attached hydrogens (tertiary/aromatic N) is 3. The summed E-state index contributed by atoms with van der Waals surface area (Å²) in [6.45, 7) is 6.64. The molecule has 3 heterocycles. The molecule has 0 radical (unpaired) electrons. The minimum atomic E-state index is -4.09. The zero-order valence-electron chi connectivity index (χ0n) is 17.9. The molecule has 12 nitrogen and oxygen atoms in total. The first kappa shape index (κ1) is 23.8. The van der Waals surface area contributed by atoms with Gasteiger partial charge in [-0.3, -0.25) is 18.4 Å². The second-order valence-electron chi connectivity index (χ2n) is 8.32. The number of carbonyl (C=O) groups is 1. The Labute approximate surface area is 179 Å². The first-order valence-electron chi connectivity index (χ1n) is 10.1. The number of nitrogen functional groups attached to an aromatic ring is 1. The number of rotatable bonds is 7. The van der Waals surface area contributed by atoms with Gasteiger partial charge in [0.1, 0.15) is 29.7 Å². The number of hydrogen-bond acceptors (Lipinski definition) is 9. The SMILES string of the molecule is CCN([C@@H](CC(C)C)C(=O)O)P1(=O)OC[C@H]2O[C@@H](n3ccc(N)nc3=O)[C@](C)(O)[C@@H]2O1. The van der Waals surface area contributed by atoms with Crippen molar-refractivity contribution in [1.29, 1.82) is 0 Å². The molecule has 0 saturated carbocycles. The van der Waals surface area contributed by atoms with Gasteiger partial charge in [0.05, 0.1) is 6.61 Å². The highest BCUT2D eigenvalue weighted by Gasteiger charge is 2.61. The van der Waals surface area contributed by atoms with Gasteiger partial charge in [0.25, 0.3) is 0 Å². The van der Waals surface area contributed by atoms with Crippen LogP contribution >= 0.6 is 7.75 Å². The number of aliphatic hydroxyl groups is 1. The van der Waals surface area contributed by atoms with Crippen LogP contribution in [0.5, 0.6) is 0 Å². The minimum absolute atomic E-state index is 0.0174. The normalized spacial score (nSPS) is 34.1. The Morgan fingerprint density at radius 1 is 1.52 bits per heavy atom. The Bertz CT molecular complexity index is 935. The van der Waals surface area contributed by atoms with Crippen LogP contribution in [0.4, 0.5) is 5.82 Å². The number of likely N-dealkylation sites (N-methyl/N-ethyl adjacent to an activating group) is 1. The smallest absolute Gasteiger partial charge is 0.409 e. The molecule has 0 aromatic carbocycles. The molecule has 1 unspecified atom stereocenters. The summed E-state index contributed by atoms with van der Waals surface area (Å²) in [7, 11) is -4.09. The van der Waals surface area contributed by atoms with Gasteiger partial charge in [-0.05, 0) is 25.3 Å². The molecule has 13 heteroatoms. The zero-order valence-corrected chi connectivity index (χ0v) is 18.8. The van der Waals surface area contributed by atoms with E-state index in [1.807, 2.05) is 13.8 Å². The van der Waals surface area contributed by atoms with Gasteiger partial charge in [-0.1, -0.05) is 20.8 Å². The molecule has 6 atom stereocenters. The fraction of sp³-hybridized carbons (Fsp3) is 0.722. The summed E-state index contributed by atoms with van der Waals surface area (Å²) in [4.78, 5) is 27.8. The van der Waals surface area contributed by atoms with E-state index in [2.05, 4.69) is 4.98 Å². The van der Waals surface area contributed by atoms with E-state index in [4.69, 9.17) is 19.5 Å². The molecule has 2 saturated heterocycles. The molecule has 31 heavy (non-hydrogen) atoms. The topological polar surface area (TPSA) is 166 Å². The molecule has 0 aliphatic carbocycles. The zero-order chi connectivity index (χ0) is 23.1. The highest BCUT2D eigenvalue weighted by molar-refractivity contribution is 7.51. The van der Waals surface area contributed by atoms with Crippen molar-refractivity contribution < 1.29 is 33.4 Å². The van der Waals surface area contributed by atoms with Gasteiger partial charge in [-0.2, -0.15) is 9.65 Å². The quantitative estimate of drug-likeness (QED) is 0.493. The van der Waals surface area contributed by atoms with Crippen molar-refractivity contribution in [2.45, 2.75) is 64.2 Å². The van der Waals surface area contributed by atoms with Crippen molar-refractivity contribution in [2.24, 2.45) is 5.92 Å².